The Morgan fingerprint density at radius 2 is 1.71 bits per heavy atom. The third-order valence-corrected chi connectivity index (χ3v) is 7.16. The van der Waals surface area contributed by atoms with E-state index in [2.05, 4.69) is 15.7 Å². The van der Waals surface area contributed by atoms with Gasteiger partial charge < -0.3 is 15.7 Å². The average Bonchev–Trinajstić information content (AvgIpc) is 3.60. The molecule has 1 fully saturated rings. The van der Waals surface area contributed by atoms with Crippen molar-refractivity contribution in [3.8, 4) is 17.0 Å². The Kier molecular flexibility index (Phi) is 7.47. The van der Waals surface area contributed by atoms with Crippen LogP contribution in [-0.2, 0) is 6.54 Å². The summed E-state index contributed by atoms with van der Waals surface area (Å²) < 4.78 is 1.43. The topological polar surface area (TPSA) is 96.3 Å². The Morgan fingerprint density at radius 1 is 1.00 bits per heavy atom. The highest BCUT2D eigenvalue weighted by Crippen LogP contribution is 2.38. The molecule has 0 atom stereocenters. The zero-order chi connectivity index (χ0) is 26.6. The first kappa shape index (κ1) is 25.5. The summed E-state index contributed by atoms with van der Waals surface area (Å²) in [5.41, 5.74) is 4.85. The van der Waals surface area contributed by atoms with Crippen molar-refractivity contribution in [2.24, 2.45) is 0 Å². The van der Waals surface area contributed by atoms with Crippen LogP contribution in [0.1, 0.15) is 58.8 Å². The number of nitrogens with one attached hydrogen (secondary N) is 2. The zero-order valence-corrected chi connectivity index (χ0v) is 21.8. The fourth-order valence-corrected chi connectivity index (χ4v) is 4.91. The molecule has 8 heteroatoms. The number of phenols is 1. The second-order valence-electron chi connectivity index (χ2n) is 9.68. The molecule has 0 spiro atoms. The number of phenolic OH excluding ortho intramolecular Hbond substituents is 1. The number of amides is 2. The van der Waals surface area contributed by atoms with Crippen LogP contribution in [0, 0.1) is 6.92 Å². The summed E-state index contributed by atoms with van der Waals surface area (Å²) in [5.74, 6) is -0.0700. The van der Waals surface area contributed by atoms with Crippen molar-refractivity contribution in [1.29, 1.82) is 0 Å². The third kappa shape index (κ3) is 5.73. The second-order valence-corrected chi connectivity index (χ2v) is 10.1. The van der Waals surface area contributed by atoms with E-state index < -0.39 is 0 Å². The summed E-state index contributed by atoms with van der Waals surface area (Å²) in [6, 6.07) is 21.0. The van der Waals surface area contributed by atoms with Crippen LogP contribution in [0.4, 0.5) is 10.5 Å². The van der Waals surface area contributed by atoms with Gasteiger partial charge in [0.05, 0.1) is 11.4 Å². The third-order valence-electron chi connectivity index (χ3n) is 6.90. The molecule has 0 aliphatic heterocycles. The fraction of sp³-hybridized carbons (Fsp3) is 0.233. The number of aryl methyl sites for hydroxylation is 1. The SMILES string of the molecule is Cc1ccc(CNC(=O)n2nc(-c3cc(NC(=O)c4ccc(Cl)cc4)ccc3O)cc2C2CCCC2)cc1. The lowest BCUT2D eigenvalue weighted by Gasteiger charge is -2.12. The van der Waals surface area contributed by atoms with Crippen LogP contribution in [-0.4, -0.2) is 26.8 Å². The molecule has 194 valence electrons. The molecule has 7 nitrogen and oxygen atoms in total. The molecule has 2 amide bonds. The molecule has 1 aliphatic rings. The second kappa shape index (κ2) is 11.1. The smallest absolute Gasteiger partial charge is 0.342 e. The summed E-state index contributed by atoms with van der Waals surface area (Å²) in [7, 11) is 0. The normalized spacial score (nSPS) is 13.4. The van der Waals surface area contributed by atoms with Gasteiger partial charge in [-0.15, -0.1) is 0 Å². The largest absolute Gasteiger partial charge is 0.507 e. The molecule has 1 aliphatic carbocycles. The summed E-state index contributed by atoms with van der Waals surface area (Å²) >= 11 is 5.93. The van der Waals surface area contributed by atoms with Gasteiger partial charge in [0, 0.05) is 34.3 Å². The maximum atomic E-state index is 13.2. The van der Waals surface area contributed by atoms with E-state index >= 15 is 0 Å². The minimum atomic E-state index is -0.314. The number of hydrogen-bond donors (Lipinski definition) is 3. The lowest BCUT2D eigenvalue weighted by molar-refractivity contribution is 0.102. The van der Waals surface area contributed by atoms with Crippen molar-refractivity contribution in [3.05, 3.63) is 100 Å². The molecule has 3 N–H and O–H groups in total. The first-order valence-electron chi connectivity index (χ1n) is 12.7. The van der Waals surface area contributed by atoms with Crippen molar-refractivity contribution in [1.82, 2.24) is 15.1 Å². The number of hydrogen-bond acceptors (Lipinski definition) is 4. The van der Waals surface area contributed by atoms with E-state index in [0.29, 0.717) is 34.1 Å². The molecular weight excluding hydrogens is 500 g/mol. The van der Waals surface area contributed by atoms with E-state index in [4.69, 9.17) is 11.6 Å². The van der Waals surface area contributed by atoms with Gasteiger partial charge in [0.1, 0.15) is 5.75 Å². The van der Waals surface area contributed by atoms with E-state index in [9.17, 15) is 14.7 Å². The van der Waals surface area contributed by atoms with Gasteiger partial charge in [-0.25, -0.2) is 4.79 Å². The van der Waals surface area contributed by atoms with Gasteiger partial charge in [0.15, 0.2) is 0 Å². The number of benzene rings is 3. The highest BCUT2D eigenvalue weighted by molar-refractivity contribution is 6.30. The molecule has 1 aromatic heterocycles. The average molecular weight is 529 g/mol. The predicted molar refractivity (Wildman–Crippen MR) is 149 cm³/mol. The number of halogens is 1. The molecule has 0 unspecified atom stereocenters. The van der Waals surface area contributed by atoms with Crippen molar-refractivity contribution < 1.29 is 14.7 Å². The number of aromatic nitrogens is 2. The highest BCUT2D eigenvalue weighted by Gasteiger charge is 2.26. The van der Waals surface area contributed by atoms with Crippen molar-refractivity contribution in [2.45, 2.75) is 45.1 Å². The monoisotopic (exact) mass is 528 g/mol. The van der Waals surface area contributed by atoms with E-state index in [1.165, 1.54) is 10.7 Å². The first-order chi connectivity index (χ1) is 18.4. The van der Waals surface area contributed by atoms with Crippen LogP contribution >= 0.6 is 11.6 Å². The Balaban J connectivity index is 1.41. The van der Waals surface area contributed by atoms with E-state index in [1.54, 1.807) is 36.4 Å². The van der Waals surface area contributed by atoms with Crippen LogP contribution in [0.2, 0.25) is 5.02 Å². The molecule has 4 aromatic rings. The minimum Gasteiger partial charge on any atom is -0.507 e. The van der Waals surface area contributed by atoms with Crippen LogP contribution in [0.3, 0.4) is 0 Å². The molecular formula is C30H29ClN4O3. The fourth-order valence-electron chi connectivity index (χ4n) is 4.78. The van der Waals surface area contributed by atoms with Gasteiger partial charge >= 0.3 is 6.03 Å². The Labute approximate surface area is 226 Å². The summed E-state index contributed by atoms with van der Waals surface area (Å²) in [4.78, 5) is 25.9. The lowest BCUT2D eigenvalue weighted by atomic mass is 10.0. The van der Waals surface area contributed by atoms with Crippen molar-refractivity contribution >= 4 is 29.2 Å². The Morgan fingerprint density at radius 3 is 2.42 bits per heavy atom. The van der Waals surface area contributed by atoms with E-state index in [1.807, 2.05) is 37.3 Å². The molecule has 38 heavy (non-hydrogen) atoms. The number of carbonyl (C=O) groups is 2. The number of nitrogens with zero attached hydrogens (tertiary/aromatic N) is 2. The standard InChI is InChI=1S/C30H29ClN4O3/c1-19-6-8-20(9-7-19)18-32-30(38)35-27(21-4-2-3-5-21)17-26(34-35)25-16-24(14-15-28(25)36)33-29(37)22-10-12-23(31)13-11-22/h6-17,21,36H,2-5,18H2,1H3,(H,32,38)(H,33,37). The highest BCUT2D eigenvalue weighted by atomic mass is 35.5. The maximum absolute atomic E-state index is 13.2. The summed E-state index contributed by atoms with van der Waals surface area (Å²) in [5, 5.41) is 21.7. The minimum absolute atomic E-state index is 0.0113. The molecule has 1 saturated carbocycles. The van der Waals surface area contributed by atoms with E-state index in [0.717, 1.165) is 42.5 Å². The summed E-state index contributed by atoms with van der Waals surface area (Å²) in [6.07, 6.45) is 4.18. The van der Waals surface area contributed by atoms with Crippen LogP contribution in [0.15, 0.2) is 72.8 Å². The zero-order valence-electron chi connectivity index (χ0n) is 21.1. The van der Waals surface area contributed by atoms with Gasteiger partial charge in [-0.05, 0) is 73.9 Å². The van der Waals surface area contributed by atoms with Gasteiger partial charge in [-0.2, -0.15) is 9.78 Å². The lowest BCUT2D eigenvalue weighted by Crippen LogP contribution is -2.30. The van der Waals surface area contributed by atoms with Crippen molar-refractivity contribution in [3.63, 3.8) is 0 Å². The van der Waals surface area contributed by atoms with Gasteiger partial charge in [0.2, 0.25) is 0 Å². The van der Waals surface area contributed by atoms with Gasteiger partial charge in [-0.3, -0.25) is 4.79 Å². The van der Waals surface area contributed by atoms with Crippen LogP contribution in [0.5, 0.6) is 5.75 Å². The number of rotatable bonds is 6. The van der Waals surface area contributed by atoms with Gasteiger partial charge in [0.25, 0.3) is 5.91 Å². The van der Waals surface area contributed by atoms with E-state index in [-0.39, 0.29) is 23.6 Å². The Bertz CT molecular complexity index is 1460. The van der Waals surface area contributed by atoms with Crippen LogP contribution in [0.25, 0.3) is 11.3 Å². The van der Waals surface area contributed by atoms with Crippen molar-refractivity contribution in [2.75, 3.05) is 5.32 Å². The number of aromatic hydroxyl groups is 1. The quantitative estimate of drug-likeness (QED) is 0.237. The first-order valence-corrected chi connectivity index (χ1v) is 13.1. The molecule has 3 aromatic carbocycles. The summed E-state index contributed by atoms with van der Waals surface area (Å²) in [6.45, 7) is 2.41. The molecule has 0 saturated heterocycles. The predicted octanol–water partition coefficient (Wildman–Crippen LogP) is 6.89. The molecule has 0 radical (unpaired) electrons. The molecule has 1 heterocycles. The maximum Gasteiger partial charge on any atom is 0.342 e. The molecule has 0 bridgehead atoms. The van der Waals surface area contributed by atoms with Gasteiger partial charge in [-0.1, -0.05) is 54.3 Å². The Hall–Kier alpha value is -4.10. The van der Waals surface area contributed by atoms with Crippen LogP contribution < -0.4 is 10.6 Å². The number of carbonyl (C=O) groups excluding carboxylic acids is 2. The molecule has 5 rings (SSSR count). The number of anilines is 1.